The Labute approximate surface area is 242 Å². The molecule has 0 unspecified atom stereocenters. The van der Waals surface area contributed by atoms with Crippen LogP contribution in [-0.4, -0.2) is 62.4 Å². The van der Waals surface area contributed by atoms with Crippen LogP contribution in [0.5, 0.6) is 0 Å². The number of esters is 1. The third-order valence-corrected chi connectivity index (χ3v) is 8.38. The summed E-state index contributed by atoms with van der Waals surface area (Å²) in [6.45, 7) is 4.91. The van der Waals surface area contributed by atoms with E-state index in [4.69, 9.17) is 17.7 Å². The summed E-state index contributed by atoms with van der Waals surface area (Å²) in [7, 11) is -9.64. The van der Waals surface area contributed by atoms with Gasteiger partial charge in [0.2, 0.25) is 0 Å². The first-order valence-corrected chi connectivity index (χ1v) is 13.3. The van der Waals surface area contributed by atoms with Gasteiger partial charge in [0.15, 0.2) is 0 Å². The fourth-order valence-electron chi connectivity index (χ4n) is 5.90. The molecule has 3 aliphatic rings. The number of cyclic esters (lactones) is 1. The molecular weight excluding hydrogens is 519 g/mol. The van der Waals surface area contributed by atoms with E-state index >= 15 is 0 Å². The zero-order chi connectivity index (χ0) is 24.8. The zero-order valence-electron chi connectivity index (χ0n) is 19.7. The summed E-state index contributed by atoms with van der Waals surface area (Å²) in [6, 6.07) is 0. The molecule has 0 bridgehead atoms. The number of allylic oxidation sites excluding steroid dienone is 3. The molecule has 3 rings (SSSR count). The van der Waals surface area contributed by atoms with E-state index in [9.17, 15) is 31.3 Å². The predicted octanol–water partition coefficient (Wildman–Crippen LogP) is -1.24. The van der Waals surface area contributed by atoms with Crippen molar-refractivity contribution in [2.75, 3.05) is 13.2 Å². The fraction of sp³-hybridized carbons (Fsp3) is 0.750. The molecule has 0 aromatic heterocycles. The van der Waals surface area contributed by atoms with Crippen molar-refractivity contribution in [1.82, 2.24) is 0 Å². The molecule has 1 heterocycles. The summed E-state index contributed by atoms with van der Waals surface area (Å²) in [5, 5.41) is 10.00. The van der Waals surface area contributed by atoms with Crippen molar-refractivity contribution in [3.05, 3.63) is 22.8 Å². The quantitative estimate of drug-likeness (QED) is 0.114. The summed E-state index contributed by atoms with van der Waals surface area (Å²) in [5.74, 6) is -0.917. The Hall–Kier alpha value is 0.286. The van der Waals surface area contributed by atoms with Gasteiger partial charge in [-0.2, -0.15) is 16.8 Å². The van der Waals surface area contributed by atoms with E-state index in [-0.39, 0.29) is 75.9 Å². The molecule has 188 valence electrons. The minimum absolute atomic E-state index is 0. The minimum atomic E-state index is -4.83. The number of aliphatic hydroxyl groups is 1. The van der Waals surface area contributed by atoms with E-state index in [1.165, 1.54) is 0 Å². The Kier molecular flexibility index (Phi) is 9.83. The number of ether oxygens (including phenoxy) is 1. The van der Waals surface area contributed by atoms with Gasteiger partial charge in [-0.3, -0.25) is 9.11 Å². The van der Waals surface area contributed by atoms with Gasteiger partial charge >= 0.3 is 78.2 Å². The topological polar surface area (TPSA) is 174 Å². The van der Waals surface area contributed by atoms with Crippen LogP contribution in [0.15, 0.2) is 22.8 Å². The predicted molar refractivity (Wildman–Crippen MR) is 114 cm³/mol. The molecule has 5 atom stereocenters. The summed E-state index contributed by atoms with van der Waals surface area (Å²) in [6.07, 6.45) is 1.70. The molecule has 1 aliphatic heterocycles. The van der Waals surface area contributed by atoms with E-state index in [1.54, 1.807) is 13.0 Å². The van der Waals surface area contributed by atoms with Crippen LogP contribution in [-0.2, 0) is 38.7 Å². The molecule has 3 N–H and O–H groups in total. The second-order valence-corrected chi connectivity index (χ2v) is 11.6. The zero-order valence-corrected chi connectivity index (χ0v) is 24.4. The van der Waals surface area contributed by atoms with Crippen molar-refractivity contribution >= 4 is 26.8 Å². The van der Waals surface area contributed by atoms with Gasteiger partial charge in [0.25, 0.3) is 0 Å². The summed E-state index contributed by atoms with van der Waals surface area (Å²) in [5.41, 5.74) is 0.495. The van der Waals surface area contributed by atoms with Crippen LogP contribution in [0.3, 0.4) is 0 Å². The Morgan fingerprint density at radius 2 is 1.79 bits per heavy atom. The van der Waals surface area contributed by atoms with Crippen LogP contribution in [0.1, 0.15) is 52.9 Å². The number of aliphatic hydroxyl groups excluding tert-OH is 1. The monoisotopic (exact) mass is 549 g/mol. The first-order valence-electron chi connectivity index (χ1n) is 10.6. The van der Waals surface area contributed by atoms with Gasteiger partial charge < -0.3 is 9.84 Å². The second kappa shape index (κ2) is 11.0. The van der Waals surface area contributed by atoms with Crippen molar-refractivity contribution in [1.29, 1.82) is 0 Å². The van der Waals surface area contributed by atoms with Crippen LogP contribution < -0.4 is 51.4 Å². The molecule has 0 radical (unpaired) electrons. The molecular formula is C20H30KO11S2+. The van der Waals surface area contributed by atoms with Gasteiger partial charge in [0, 0.05) is 5.41 Å². The third kappa shape index (κ3) is 6.58. The Bertz CT molecular complexity index is 1080. The molecule has 0 aromatic rings. The van der Waals surface area contributed by atoms with Gasteiger partial charge in [0.05, 0.1) is 18.3 Å². The van der Waals surface area contributed by atoms with Gasteiger partial charge in [0.1, 0.15) is 12.7 Å². The maximum atomic E-state index is 11.9. The first kappa shape index (κ1) is 30.5. The Morgan fingerprint density at radius 1 is 1.15 bits per heavy atom. The largest absolute Gasteiger partial charge is 1.00 e. The van der Waals surface area contributed by atoms with E-state index in [0.29, 0.717) is 25.7 Å². The van der Waals surface area contributed by atoms with Crippen molar-refractivity contribution in [3.8, 4) is 0 Å². The van der Waals surface area contributed by atoms with Crippen LogP contribution in [0, 0.1) is 16.7 Å². The molecule has 1 saturated heterocycles. The van der Waals surface area contributed by atoms with Gasteiger partial charge in [-0.05, 0) is 50.4 Å². The molecule has 11 nitrogen and oxygen atoms in total. The van der Waals surface area contributed by atoms with E-state index in [2.05, 4.69) is 0 Å². The molecule has 0 spiro atoms. The third-order valence-electron chi connectivity index (χ3n) is 7.49. The van der Waals surface area contributed by atoms with Gasteiger partial charge in [-0.15, -0.1) is 0 Å². The molecule has 0 aromatic carbocycles. The fourth-order valence-corrected chi connectivity index (χ4v) is 6.91. The average molecular weight is 550 g/mol. The Balaban J connectivity index is 0.00000408. The normalized spacial score (nSPS) is 35.6. The first-order chi connectivity index (χ1) is 15.1. The maximum absolute atomic E-state index is 11.9. The number of fused-ring (bicyclic) bond motifs is 1. The minimum Gasteiger partial charge on any atom is -0.459 e. The molecule has 2 fully saturated rings. The number of carbonyl (C=O) groups is 1. The molecule has 1 saturated carbocycles. The summed E-state index contributed by atoms with van der Waals surface area (Å²) >= 11 is 0. The van der Waals surface area contributed by atoms with Crippen LogP contribution in [0.4, 0.5) is 0 Å². The number of hydrogen-bond donors (Lipinski definition) is 3. The van der Waals surface area contributed by atoms with Crippen molar-refractivity contribution in [2.45, 2.75) is 65.1 Å². The van der Waals surface area contributed by atoms with Crippen molar-refractivity contribution in [2.24, 2.45) is 16.7 Å². The van der Waals surface area contributed by atoms with Crippen molar-refractivity contribution < 1.29 is 100 Å². The van der Waals surface area contributed by atoms with E-state index < -0.39 is 56.4 Å². The van der Waals surface area contributed by atoms with E-state index in [0.717, 1.165) is 11.1 Å². The maximum Gasteiger partial charge on any atom is 1.00 e. The van der Waals surface area contributed by atoms with E-state index in [1.807, 2.05) is 13.8 Å². The standard InChI is InChI=1S/C20H30O11S2.K/c1-12-4-7-16-19(2,14(12)6-5-13-15(21)10-29-18(13)22)9-8-17(31-33(26,27)28)20(16,3)11-30-32(23,24)25;/h5,15-17,21H,4,6-11H2,1-3H3,(H,23,24,25)(H,26,27,28);/q;+1/b13-5-;/t15-,16+,17-,19+,20+;/m1./s1. The Morgan fingerprint density at radius 3 is 2.32 bits per heavy atom. The molecule has 2 aliphatic carbocycles. The molecule has 0 amide bonds. The van der Waals surface area contributed by atoms with Crippen molar-refractivity contribution in [3.63, 3.8) is 0 Å². The smallest absolute Gasteiger partial charge is 0.459 e. The van der Waals surface area contributed by atoms with Crippen LogP contribution >= 0.6 is 0 Å². The van der Waals surface area contributed by atoms with Crippen LogP contribution in [0.25, 0.3) is 0 Å². The number of carbonyl (C=O) groups excluding carboxylic acids is 1. The second-order valence-electron chi connectivity index (χ2n) is 9.49. The van der Waals surface area contributed by atoms with Gasteiger partial charge in [-0.1, -0.05) is 31.1 Å². The molecule has 14 heteroatoms. The van der Waals surface area contributed by atoms with Crippen LogP contribution in [0.2, 0.25) is 0 Å². The summed E-state index contributed by atoms with van der Waals surface area (Å²) in [4.78, 5) is 11.9. The SMILES string of the molecule is CC1=C(C/C=C2\C(=O)OC[C@H]2O)[C@]2(C)CC[C@@H](OS(=O)(=O)O)[C@@](C)(COS(=O)(=O)O)[C@H]2CC1.[K+]. The van der Waals surface area contributed by atoms with Gasteiger partial charge in [-0.25, -0.2) is 13.2 Å². The molecule has 34 heavy (non-hydrogen) atoms. The number of rotatable bonds is 7. The number of hydrogen-bond acceptors (Lipinski definition) is 9. The average Bonchev–Trinajstić information content (AvgIpc) is 2.99. The summed E-state index contributed by atoms with van der Waals surface area (Å²) < 4.78 is 78.6.